The summed E-state index contributed by atoms with van der Waals surface area (Å²) in [4.78, 5) is 0. The largest absolute Gasteiger partial charge is 0.394 e. The Bertz CT molecular complexity index is 555. The second-order valence-electron chi connectivity index (χ2n) is 5.04. The zero-order chi connectivity index (χ0) is 14.3. The van der Waals surface area contributed by atoms with Gasteiger partial charge >= 0.3 is 0 Å². The second-order valence-corrected chi connectivity index (χ2v) is 8.94. The summed E-state index contributed by atoms with van der Waals surface area (Å²) >= 11 is 4.43. The number of morpholine rings is 1. The van der Waals surface area contributed by atoms with Gasteiger partial charge in [-0.2, -0.15) is 4.31 Å². The molecule has 2 heterocycles. The van der Waals surface area contributed by atoms with Crippen molar-refractivity contribution in [1.29, 1.82) is 0 Å². The number of hydrogen-bond acceptors (Lipinski definition) is 5. The lowest BCUT2D eigenvalue weighted by Gasteiger charge is -2.41. The van der Waals surface area contributed by atoms with Gasteiger partial charge in [0.15, 0.2) is 0 Å². The molecule has 0 spiro atoms. The summed E-state index contributed by atoms with van der Waals surface area (Å²) in [6.07, 6.45) is -0.489. The Labute approximate surface area is 125 Å². The van der Waals surface area contributed by atoms with Crippen molar-refractivity contribution in [3.05, 3.63) is 15.9 Å². The topological polar surface area (TPSA) is 66.8 Å². The van der Waals surface area contributed by atoms with E-state index in [0.717, 1.165) is 0 Å². The van der Waals surface area contributed by atoms with Crippen LogP contribution < -0.4 is 0 Å². The number of nitrogens with zero attached hydrogens (tertiary/aromatic N) is 1. The van der Waals surface area contributed by atoms with Crippen LogP contribution in [0, 0.1) is 0 Å². The average molecular weight is 370 g/mol. The minimum atomic E-state index is -3.55. The molecule has 1 aromatic rings. The maximum absolute atomic E-state index is 12.6. The maximum Gasteiger partial charge on any atom is 0.253 e. The summed E-state index contributed by atoms with van der Waals surface area (Å²) in [7, 11) is -3.55. The van der Waals surface area contributed by atoms with Crippen molar-refractivity contribution in [1.82, 2.24) is 4.31 Å². The SMILES string of the molecule is CC1(C)CN(S(=O)(=O)c2sccc2Br)CC(CO)O1. The van der Waals surface area contributed by atoms with Crippen LogP contribution >= 0.6 is 27.3 Å². The van der Waals surface area contributed by atoms with E-state index in [1.165, 1.54) is 15.6 Å². The zero-order valence-corrected chi connectivity index (χ0v) is 13.9. The Hall–Kier alpha value is 0.01000. The second kappa shape index (κ2) is 5.42. The van der Waals surface area contributed by atoms with Crippen molar-refractivity contribution >= 4 is 37.3 Å². The van der Waals surface area contributed by atoms with Crippen LogP contribution in [0.4, 0.5) is 0 Å². The molecule has 0 aliphatic carbocycles. The smallest absolute Gasteiger partial charge is 0.253 e. The highest BCUT2D eigenvalue weighted by atomic mass is 79.9. The summed E-state index contributed by atoms with van der Waals surface area (Å²) in [5, 5.41) is 11.0. The molecular formula is C11H16BrNO4S2. The Kier molecular flexibility index (Phi) is 4.39. The van der Waals surface area contributed by atoms with E-state index in [9.17, 15) is 13.5 Å². The molecule has 1 aromatic heterocycles. The number of aliphatic hydroxyl groups is 1. The van der Waals surface area contributed by atoms with E-state index in [4.69, 9.17) is 4.74 Å². The number of sulfonamides is 1. The summed E-state index contributed by atoms with van der Waals surface area (Å²) in [5.74, 6) is 0. The molecule has 108 valence electrons. The van der Waals surface area contributed by atoms with Gasteiger partial charge in [0.1, 0.15) is 4.21 Å². The zero-order valence-electron chi connectivity index (χ0n) is 10.7. The minimum absolute atomic E-state index is 0.173. The predicted molar refractivity (Wildman–Crippen MR) is 76.8 cm³/mol. The van der Waals surface area contributed by atoms with Crippen molar-refractivity contribution in [2.45, 2.75) is 29.8 Å². The van der Waals surface area contributed by atoms with E-state index in [0.29, 0.717) is 8.68 Å². The first-order valence-electron chi connectivity index (χ1n) is 5.78. The third-order valence-electron chi connectivity index (χ3n) is 2.81. The molecule has 19 heavy (non-hydrogen) atoms. The van der Waals surface area contributed by atoms with Crippen LogP contribution in [0.15, 0.2) is 20.1 Å². The van der Waals surface area contributed by atoms with Crippen molar-refractivity contribution in [3.8, 4) is 0 Å². The highest BCUT2D eigenvalue weighted by Crippen LogP contribution is 2.33. The molecule has 0 saturated carbocycles. The summed E-state index contributed by atoms with van der Waals surface area (Å²) in [6.45, 7) is 3.89. The van der Waals surface area contributed by atoms with Gasteiger partial charge in [-0.1, -0.05) is 0 Å². The van der Waals surface area contributed by atoms with E-state index < -0.39 is 21.7 Å². The van der Waals surface area contributed by atoms with Crippen LogP contribution in [-0.2, 0) is 14.8 Å². The van der Waals surface area contributed by atoms with Crippen molar-refractivity contribution in [2.24, 2.45) is 0 Å². The average Bonchev–Trinajstić information content (AvgIpc) is 2.74. The molecule has 5 nitrogen and oxygen atoms in total. The van der Waals surface area contributed by atoms with E-state index in [1.54, 1.807) is 11.4 Å². The normalized spacial score (nSPS) is 24.5. The molecule has 2 rings (SSSR count). The molecule has 1 atom stereocenters. The lowest BCUT2D eigenvalue weighted by atomic mass is 10.1. The van der Waals surface area contributed by atoms with Crippen molar-refractivity contribution < 1.29 is 18.3 Å². The Morgan fingerprint density at radius 3 is 2.84 bits per heavy atom. The van der Waals surface area contributed by atoms with Crippen LogP contribution in [0.1, 0.15) is 13.8 Å². The first-order valence-corrected chi connectivity index (χ1v) is 8.89. The number of aliphatic hydroxyl groups excluding tert-OH is 1. The van der Waals surface area contributed by atoms with Gasteiger partial charge in [-0.15, -0.1) is 11.3 Å². The fraction of sp³-hybridized carbons (Fsp3) is 0.636. The van der Waals surface area contributed by atoms with Crippen molar-refractivity contribution in [3.63, 3.8) is 0 Å². The monoisotopic (exact) mass is 369 g/mol. The summed E-state index contributed by atoms with van der Waals surface area (Å²) in [5.41, 5.74) is -0.609. The molecule has 1 aliphatic rings. The van der Waals surface area contributed by atoms with Gasteiger partial charge in [0, 0.05) is 17.6 Å². The lowest BCUT2D eigenvalue weighted by Crippen LogP contribution is -2.55. The van der Waals surface area contributed by atoms with Gasteiger partial charge in [-0.3, -0.25) is 0 Å². The van der Waals surface area contributed by atoms with E-state index >= 15 is 0 Å². The van der Waals surface area contributed by atoms with E-state index in [1.807, 2.05) is 13.8 Å². The molecule has 0 amide bonds. The van der Waals surface area contributed by atoms with E-state index in [-0.39, 0.29) is 19.7 Å². The Morgan fingerprint density at radius 2 is 2.32 bits per heavy atom. The fourth-order valence-corrected chi connectivity index (χ4v) is 6.17. The molecule has 1 unspecified atom stereocenters. The van der Waals surface area contributed by atoms with Gasteiger partial charge in [0.25, 0.3) is 10.0 Å². The molecule has 0 bridgehead atoms. The Morgan fingerprint density at radius 1 is 1.63 bits per heavy atom. The number of halogens is 1. The van der Waals surface area contributed by atoms with Gasteiger partial charge < -0.3 is 9.84 Å². The molecule has 0 radical (unpaired) electrons. The molecule has 0 aromatic carbocycles. The first kappa shape index (κ1) is 15.4. The highest BCUT2D eigenvalue weighted by Gasteiger charge is 2.40. The van der Waals surface area contributed by atoms with Crippen LogP contribution in [-0.4, -0.2) is 49.2 Å². The molecule has 8 heteroatoms. The summed E-state index contributed by atoms with van der Waals surface area (Å²) < 4.78 is 33.1. The standard InChI is InChI=1S/C11H16BrNO4S2/c1-11(2)7-13(5-8(6-14)17-11)19(15,16)10-9(12)3-4-18-10/h3-4,8,14H,5-7H2,1-2H3. The molecule has 1 N–H and O–H groups in total. The van der Waals surface area contributed by atoms with Gasteiger partial charge in [0.2, 0.25) is 0 Å². The predicted octanol–water partition coefficient (Wildman–Crippen LogP) is 1.67. The number of rotatable bonds is 3. The van der Waals surface area contributed by atoms with Gasteiger partial charge in [0.05, 0.1) is 18.3 Å². The molecule has 1 fully saturated rings. The summed E-state index contributed by atoms with van der Waals surface area (Å²) in [6, 6.07) is 1.71. The van der Waals surface area contributed by atoms with Crippen molar-refractivity contribution in [2.75, 3.05) is 19.7 Å². The van der Waals surface area contributed by atoms with Crippen LogP contribution in [0.3, 0.4) is 0 Å². The molecule has 1 aliphatic heterocycles. The molecule has 1 saturated heterocycles. The van der Waals surface area contributed by atoms with Gasteiger partial charge in [-0.05, 0) is 41.2 Å². The maximum atomic E-state index is 12.6. The Balaban J connectivity index is 2.33. The number of thiophene rings is 1. The van der Waals surface area contributed by atoms with Crippen LogP contribution in [0.25, 0.3) is 0 Å². The van der Waals surface area contributed by atoms with Gasteiger partial charge in [-0.25, -0.2) is 8.42 Å². The highest BCUT2D eigenvalue weighted by molar-refractivity contribution is 9.10. The molecular weight excluding hydrogens is 354 g/mol. The van der Waals surface area contributed by atoms with Crippen LogP contribution in [0.2, 0.25) is 0 Å². The number of hydrogen-bond donors (Lipinski definition) is 1. The first-order chi connectivity index (χ1) is 8.76. The minimum Gasteiger partial charge on any atom is -0.394 e. The third kappa shape index (κ3) is 3.20. The lowest BCUT2D eigenvalue weighted by molar-refractivity contribution is -0.131. The fourth-order valence-electron chi connectivity index (χ4n) is 2.10. The quantitative estimate of drug-likeness (QED) is 0.879. The third-order valence-corrected chi connectivity index (χ3v) is 7.27. The number of ether oxygens (including phenoxy) is 1. The van der Waals surface area contributed by atoms with Crippen LogP contribution in [0.5, 0.6) is 0 Å². The van der Waals surface area contributed by atoms with E-state index in [2.05, 4.69) is 15.9 Å².